The smallest absolute Gasteiger partial charge is 0.124 e. The van der Waals surface area contributed by atoms with Crippen LogP contribution in [0.4, 0.5) is 5.69 Å². The lowest BCUT2D eigenvalue weighted by atomic mass is 10.2. The lowest BCUT2D eigenvalue weighted by molar-refractivity contribution is 0.282. The summed E-state index contributed by atoms with van der Waals surface area (Å²) < 4.78 is 0. The van der Waals surface area contributed by atoms with Crippen molar-refractivity contribution in [3.8, 4) is 0 Å². The van der Waals surface area contributed by atoms with Gasteiger partial charge in [-0.05, 0) is 30.2 Å². The van der Waals surface area contributed by atoms with Crippen molar-refractivity contribution < 1.29 is 5.11 Å². The van der Waals surface area contributed by atoms with Crippen molar-refractivity contribution in [3.63, 3.8) is 0 Å². The molecule has 1 aliphatic heterocycles. The Bertz CT molecular complexity index is 622. The number of aliphatic hydroxyl groups is 1. The molecule has 2 aromatic rings. The third-order valence-electron chi connectivity index (χ3n) is 3.66. The number of amidine groups is 1. The first-order chi connectivity index (χ1) is 10.3. The molecular formula is C17H19N3O. The number of aliphatic hydroxyl groups excluding tert-OH is 1. The highest BCUT2D eigenvalue weighted by Gasteiger charge is 2.20. The van der Waals surface area contributed by atoms with Crippen LogP contribution in [0.15, 0.2) is 59.7 Å². The summed E-state index contributed by atoms with van der Waals surface area (Å²) in [4.78, 5) is 2.25. The molecule has 0 unspecified atom stereocenters. The van der Waals surface area contributed by atoms with Crippen molar-refractivity contribution in [2.24, 2.45) is 5.10 Å². The lowest BCUT2D eigenvalue weighted by Gasteiger charge is -2.20. The maximum Gasteiger partial charge on any atom is 0.124 e. The first kappa shape index (κ1) is 13.6. The molecule has 0 aromatic heterocycles. The molecule has 2 aromatic carbocycles. The van der Waals surface area contributed by atoms with E-state index in [1.165, 1.54) is 5.56 Å². The fourth-order valence-electron chi connectivity index (χ4n) is 2.41. The second-order valence-electron chi connectivity index (χ2n) is 5.20. The summed E-state index contributed by atoms with van der Waals surface area (Å²) in [6.07, 6.45) is 0. The number of anilines is 1. The predicted octanol–water partition coefficient (Wildman–Crippen LogP) is 2.79. The SMILES string of the molecule is CC1=NN(c2ccc(CO)cc2)CN1Cc1ccccc1. The predicted molar refractivity (Wildman–Crippen MR) is 84.8 cm³/mol. The minimum atomic E-state index is 0.0721. The molecule has 1 N–H and O–H groups in total. The van der Waals surface area contributed by atoms with Crippen LogP contribution < -0.4 is 5.01 Å². The quantitative estimate of drug-likeness (QED) is 0.936. The largest absolute Gasteiger partial charge is 0.392 e. The van der Waals surface area contributed by atoms with Gasteiger partial charge in [-0.3, -0.25) is 0 Å². The molecule has 0 saturated heterocycles. The second-order valence-corrected chi connectivity index (χ2v) is 5.20. The van der Waals surface area contributed by atoms with E-state index >= 15 is 0 Å². The summed E-state index contributed by atoms with van der Waals surface area (Å²) in [5.74, 6) is 1.02. The summed E-state index contributed by atoms with van der Waals surface area (Å²) in [5.41, 5.74) is 3.24. The van der Waals surface area contributed by atoms with Gasteiger partial charge in [-0.2, -0.15) is 5.10 Å². The summed E-state index contributed by atoms with van der Waals surface area (Å²) in [7, 11) is 0. The number of benzene rings is 2. The zero-order valence-corrected chi connectivity index (χ0v) is 12.1. The van der Waals surface area contributed by atoms with Crippen LogP contribution in [-0.4, -0.2) is 22.5 Å². The first-order valence-corrected chi connectivity index (χ1v) is 7.07. The molecule has 4 heteroatoms. The van der Waals surface area contributed by atoms with Gasteiger partial charge in [0.1, 0.15) is 12.5 Å². The third kappa shape index (κ3) is 3.06. The highest BCUT2D eigenvalue weighted by atomic mass is 16.3. The molecule has 3 rings (SSSR count). The first-order valence-electron chi connectivity index (χ1n) is 7.07. The number of rotatable bonds is 4. The van der Waals surface area contributed by atoms with Crippen LogP contribution in [0, 0.1) is 0 Å². The number of hydrogen-bond acceptors (Lipinski definition) is 4. The van der Waals surface area contributed by atoms with Crippen LogP contribution in [0.1, 0.15) is 18.1 Å². The third-order valence-corrected chi connectivity index (χ3v) is 3.66. The van der Waals surface area contributed by atoms with Gasteiger partial charge in [0.15, 0.2) is 0 Å². The van der Waals surface area contributed by atoms with E-state index < -0.39 is 0 Å². The molecule has 0 bridgehead atoms. The van der Waals surface area contributed by atoms with Crippen molar-refractivity contribution >= 4 is 11.5 Å². The molecule has 0 spiro atoms. The van der Waals surface area contributed by atoms with Gasteiger partial charge in [0.05, 0.1) is 12.3 Å². The van der Waals surface area contributed by atoms with Gasteiger partial charge in [0.2, 0.25) is 0 Å². The maximum absolute atomic E-state index is 9.09. The molecular weight excluding hydrogens is 262 g/mol. The van der Waals surface area contributed by atoms with E-state index in [1.807, 2.05) is 42.3 Å². The Morgan fingerprint density at radius 2 is 1.71 bits per heavy atom. The molecule has 0 aliphatic carbocycles. The van der Waals surface area contributed by atoms with Crippen LogP contribution in [-0.2, 0) is 13.2 Å². The lowest BCUT2D eigenvalue weighted by Crippen LogP contribution is -2.29. The Balaban J connectivity index is 1.70. The fourth-order valence-corrected chi connectivity index (χ4v) is 2.41. The van der Waals surface area contributed by atoms with E-state index in [4.69, 9.17) is 5.11 Å². The topological polar surface area (TPSA) is 39.1 Å². The van der Waals surface area contributed by atoms with Crippen LogP contribution in [0.5, 0.6) is 0 Å². The van der Waals surface area contributed by atoms with Gasteiger partial charge in [-0.15, -0.1) is 0 Å². The zero-order valence-electron chi connectivity index (χ0n) is 12.1. The average Bonchev–Trinajstić information content (AvgIpc) is 2.89. The number of hydrogen-bond donors (Lipinski definition) is 1. The molecule has 0 saturated carbocycles. The Labute approximate surface area is 124 Å². The van der Waals surface area contributed by atoms with Gasteiger partial charge in [-0.1, -0.05) is 42.5 Å². The van der Waals surface area contributed by atoms with Crippen LogP contribution in [0.2, 0.25) is 0 Å². The van der Waals surface area contributed by atoms with E-state index in [1.54, 1.807) is 0 Å². The van der Waals surface area contributed by atoms with E-state index in [9.17, 15) is 0 Å². The Hall–Kier alpha value is -2.33. The Kier molecular flexibility index (Phi) is 3.88. The minimum absolute atomic E-state index is 0.0721. The summed E-state index contributed by atoms with van der Waals surface area (Å²) in [5, 5.41) is 15.7. The number of hydrazone groups is 1. The van der Waals surface area contributed by atoms with Gasteiger partial charge >= 0.3 is 0 Å². The van der Waals surface area contributed by atoms with Gasteiger partial charge in [0, 0.05) is 6.54 Å². The molecule has 21 heavy (non-hydrogen) atoms. The molecule has 1 heterocycles. The average molecular weight is 281 g/mol. The zero-order chi connectivity index (χ0) is 14.7. The van der Waals surface area contributed by atoms with Gasteiger partial charge in [-0.25, -0.2) is 5.01 Å². The van der Waals surface area contributed by atoms with Gasteiger partial charge < -0.3 is 10.0 Å². The molecule has 0 amide bonds. The molecule has 4 nitrogen and oxygen atoms in total. The highest BCUT2D eigenvalue weighted by molar-refractivity contribution is 5.83. The second kappa shape index (κ2) is 5.97. The number of nitrogens with zero attached hydrogens (tertiary/aromatic N) is 3. The van der Waals surface area contributed by atoms with E-state index in [2.05, 4.69) is 34.3 Å². The maximum atomic E-state index is 9.09. The Morgan fingerprint density at radius 3 is 2.38 bits per heavy atom. The van der Waals surface area contributed by atoms with E-state index in [0.717, 1.165) is 30.3 Å². The van der Waals surface area contributed by atoms with E-state index in [-0.39, 0.29) is 6.61 Å². The highest BCUT2D eigenvalue weighted by Crippen LogP contribution is 2.21. The van der Waals surface area contributed by atoms with Crippen molar-refractivity contribution in [2.45, 2.75) is 20.1 Å². The summed E-state index contributed by atoms with van der Waals surface area (Å²) >= 11 is 0. The molecule has 0 atom stereocenters. The van der Waals surface area contributed by atoms with Gasteiger partial charge in [0.25, 0.3) is 0 Å². The molecule has 1 aliphatic rings. The molecule has 0 fully saturated rings. The van der Waals surface area contributed by atoms with Crippen molar-refractivity contribution in [1.82, 2.24) is 4.90 Å². The summed E-state index contributed by atoms with van der Waals surface area (Å²) in [6, 6.07) is 18.3. The fraction of sp³-hybridized carbons (Fsp3) is 0.235. The summed E-state index contributed by atoms with van der Waals surface area (Å²) in [6.45, 7) is 3.72. The van der Waals surface area contributed by atoms with Crippen LogP contribution in [0.25, 0.3) is 0 Å². The van der Waals surface area contributed by atoms with Crippen LogP contribution >= 0.6 is 0 Å². The van der Waals surface area contributed by atoms with Crippen molar-refractivity contribution in [2.75, 3.05) is 11.7 Å². The normalized spacial score (nSPS) is 14.5. The molecule has 0 radical (unpaired) electrons. The minimum Gasteiger partial charge on any atom is -0.392 e. The Morgan fingerprint density at radius 1 is 1.00 bits per heavy atom. The monoisotopic (exact) mass is 281 g/mol. The molecule has 108 valence electrons. The van der Waals surface area contributed by atoms with Crippen molar-refractivity contribution in [3.05, 3.63) is 65.7 Å². The van der Waals surface area contributed by atoms with Crippen LogP contribution in [0.3, 0.4) is 0 Å². The van der Waals surface area contributed by atoms with E-state index in [0.29, 0.717) is 0 Å². The van der Waals surface area contributed by atoms with Crippen molar-refractivity contribution in [1.29, 1.82) is 0 Å². The standard InChI is InChI=1S/C17H19N3O/c1-14-18-20(17-9-7-16(12-21)8-10-17)13-19(14)11-15-5-3-2-4-6-15/h2-10,21H,11-13H2,1H3.